The number of sulfonamides is 1. The molecule has 1 aromatic heterocycles. The number of thiophene rings is 1. The Morgan fingerprint density at radius 2 is 1.87 bits per heavy atom. The summed E-state index contributed by atoms with van der Waals surface area (Å²) in [4.78, 5) is 13.3. The lowest BCUT2D eigenvalue weighted by Crippen LogP contribution is -2.27. The van der Waals surface area contributed by atoms with E-state index in [4.69, 9.17) is 0 Å². The van der Waals surface area contributed by atoms with Crippen LogP contribution in [0.4, 0.5) is 5.69 Å². The largest absolute Gasteiger partial charge is 0.284 e. The first-order valence-corrected chi connectivity index (χ1v) is 12.2. The second-order valence-electron chi connectivity index (χ2n) is 7.24. The predicted molar refractivity (Wildman–Crippen MR) is 120 cm³/mol. The summed E-state index contributed by atoms with van der Waals surface area (Å²) in [5.41, 5.74) is 4.73. The molecule has 2 heterocycles. The number of carbonyl (C=O) groups is 1. The number of benzene rings is 2. The molecular weight excluding hydrogens is 418 g/mol. The van der Waals surface area contributed by atoms with E-state index in [2.05, 4.69) is 9.82 Å². The molecule has 1 N–H and O–H groups in total. The Labute approximate surface area is 179 Å². The SMILES string of the molecule is Cc1ccccc1C(=O)N1N=C(c2ccc(NS(C)(=O)=O)cc2)C[C@@H]1c1ccsc1. The fraction of sp³-hybridized carbons (Fsp3) is 0.182. The lowest BCUT2D eigenvalue weighted by Gasteiger charge is -2.21. The van der Waals surface area contributed by atoms with Crippen LogP contribution in [-0.4, -0.2) is 31.3 Å². The highest BCUT2D eigenvalue weighted by atomic mass is 32.2. The van der Waals surface area contributed by atoms with Crippen LogP contribution < -0.4 is 4.72 Å². The molecule has 0 aliphatic carbocycles. The Bertz CT molecular complexity index is 1200. The van der Waals surface area contributed by atoms with Gasteiger partial charge in [-0.25, -0.2) is 13.4 Å². The van der Waals surface area contributed by atoms with Crippen molar-refractivity contribution in [2.75, 3.05) is 11.0 Å². The van der Waals surface area contributed by atoms with Crippen molar-refractivity contribution in [2.45, 2.75) is 19.4 Å². The average Bonchev–Trinajstić information content (AvgIpc) is 3.37. The third-order valence-corrected chi connectivity index (χ3v) is 6.25. The molecule has 0 saturated carbocycles. The quantitative estimate of drug-likeness (QED) is 0.639. The van der Waals surface area contributed by atoms with Gasteiger partial charge in [-0.1, -0.05) is 30.3 Å². The zero-order valence-electron chi connectivity index (χ0n) is 16.6. The molecule has 1 aliphatic heterocycles. The van der Waals surface area contributed by atoms with Crippen LogP contribution in [0.2, 0.25) is 0 Å². The first-order chi connectivity index (χ1) is 14.3. The van der Waals surface area contributed by atoms with Crippen LogP contribution in [0.5, 0.6) is 0 Å². The van der Waals surface area contributed by atoms with Crippen molar-refractivity contribution in [3.8, 4) is 0 Å². The number of amides is 1. The van der Waals surface area contributed by atoms with Crippen molar-refractivity contribution >= 4 is 38.7 Å². The Hall–Kier alpha value is -2.97. The fourth-order valence-electron chi connectivity index (χ4n) is 3.48. The Balaban J connectivity index is 1.67. The minimum Gasteiger partial charge on any atom is -0.284 e. The van der Waals surface area contributed by atoms with Crippen LogP contribution >= 0.6 is 11.3 Å². The monoisotopic (exact) mass is 439 g/mol. The summed E-state index contributed by atoms with van der Waals surface area (Å²) in [5, 5.41) is 10.3. The van der Waals surface area contributed by atoms with Crippen molar-refractivity contribution < 1.29 is 13.2 Å². The van der Waals surface area contributed by atoms with Gasteiger partial charge in [0.15, 0.2) is 0 Å². The van der Waals surface area contributed by atoms with Gasteiger partial charge in [0.05, 0.1) is 18.0 Å². The molecule has 6 nitrogen and oxygen atoms in total. The second-order valence-corrected chi connectivity index (χ2v) is 9.77. The molecule has 0 spiro atoms. The van der Waals surface area contributed by atoms with Gasteiger partial charge >= 0.3 is 0 Å². The number of aryl methyl sites for hydroxylation is 1. The number of hydrogen-bond donors (Lipinski definition) is 1. The third kappa shape index (κ3) is 4.29. The molecule has 3 aromatic rings. The zero-order chi connectivity index (χ0) is 21.3. The normalized spacial score (nSPS) is 16.4. The molecular formula is C22H21N3O3S2. The van der Waals surface area contributed by atoms with Crippen LogP contribution in [-0.2, 0) is 10.0 Å². The van der Waals surface area contributed by atoms with Crippen LogP contribution in [0, 0.1) is 6.92 Å². The van der Waals surface area contributed by atoms with Crippen LogP contribution in [0.15, 0.2) is 70.5 Å². The zero-order valence-corrected chi connectivity index (χ0v) is 18.2. The van der Waals surface area contributed by atoms with Gasteiger partial charge in [-0.3, -0.25) is 9.52 Å². The smallest absolute Gasteiger partial charge is 0.274 e. The summed E-state index contributed by atoms with van der Waals surface area (Å²) >= 11 is 1.59. The highest BCUT2D eigenvalue weighted by Gasteiger charge is 2.34. The van der Waals surface area contributed by atoms with Gasteiger partial charge in [-0.05, 0) is 58.6 Å². The summed E-state index contributed by atoms with van der Waals surface area (Å²) in [7, 11) is -3.33. The van der Waals surface area contributed by atoms with Gasteiger partial charge < -0.3 is 0 Å². The van der Waals surface area contributed by atoms with Crippen molar-refractivity contribution in [3.63, 3.8) is 0 Å². The van der Waals surface area contributed by atoms with Crippen molar-refractivity contribution in [2.24, 2.45) is 5.10 Å². The van der Waals surface area contributed by atoms with Crippen molar-refractivity contribution in [3.05, 3.63) is 87.6 Å². The molecule has 0 radical (unpaired) electrons. The maximum absolute atomic E-state index is 13.3. The van der Waals surface area contributed by atoms with E-state index in [0.717, 1.165) is 28.7 Å². The van der Waals surface area contributed by atoms with E-state index in [1.807, 2.05) is 60.1 Å². The molecule has 1 atom stereocenters. The van der Waals surface area contributed by atoms with Crippen LogP contribution in [0.25, 0.3) is 0 Å². The molecule has 1 aliphatic rings. The molecule has 0 fully saturated rings. The topological polar surface area (TPSA) is 78.8 Å². The third-order valence-electron chi connectivity index (χ3n) is 4.94. The van der Waals surface area contributed by atoms with Crippen LogP contribution in [0.1, 0.15) is 39.5 Å². The Kier molecular flexibility index (Phi) is 5.44. The lowest BCUT2D eigenvalue weighted by atomic mass is 9.99. The number of nitrogens with one attached hydrogen (secondary N) is 1. The summed E-state index contributed by atoms with van der Waals surface area (Å²) in [6.45, 7) is 1.92. The summed E-state index contributed by atoms with van der Waals surface area (Å²) in [6.07, 6.45) is 1.70. The molecule has 0 bridgehead atoms. The number of hydrogen-bond acceptors (Lipinski definition) is 5. The molecule has 0 unspecified atom stereocenters. The predicted octanol–water partition coefficient (Wildman–Crippen LogP) is 4.42. The van der Waals surface area contributed by atoms with E-state index >= 15 is 0 Å². The number of rotatable bonds is 5. The lowest BCUT2D eigenvalue weighted by molar-refractivity contribution is 0.0710. The first-order valence-electron chi connectivity index (χ1n) is 9.39. The minimum absolute atomic E-state index is 0.130. The van der Waals surface area contributed by atoms with Gasteiger partial charge in [0.2, 0.25) is 10.0 Å². The number of nitrogens with zero attached hydrogens (tertiary/aromatic N) is 2. The van der Waals surface area contributed by atoms with E-state index in [0.29, 0.717) is 17.7 Å². The minimum atomic E-state index is -3.33. The number of anilines is 1. The highest BCUT2D eigenvalue weighted by Crippen LogP contribution is 2.35. The fourth-order valence-corrected chi connectivity index (χ4v) is 4.75. The summed E-state index contributed by atoms with van der Waals surface area (Å²) < 4.78 is 25.3. The van der Waals surface area contributed by atoms with Gasteiger partial charge in [0.25, 0.3) is 5.91 Å². The van der Waals surface area contributed by atoms with Gasteiger partial charge in [-0.15, -0.1) is 0 Å². The van der Waals surface area contributed by atoms with Gasteiger partial charge in [0.1, 0.15) is 0 Å². The molecule has 30 heavy (non-hydrogen) atoms. The average molecular weight is 440 g/mol. The van der Waals surface area contributed by atoms with Crippen molar-refractivity contribution in [1.29, 1.82) is 0 Å². The van der Waals surface area contributed by atoms with E-state index in [1.165, 1.54) is 0 Å². The Morgan fingerprint density at radius 1 is 1.13 bits per heavy atom. The van der Waals surface area contributed by atoms with E-state index in [1.54, 1.807) is 28.5 Å². The summed E-state index contributed by atoms with van der Waals surface area (Å²) in [6, 6.07) is 16.4. The molecule has 2 aromatic carbocycles. The maximum Gasteiger partial charge on any atom is 0.274 e. The molecule has 8 heteroatoms. The highest BCUT2D eigenvalue weighted by molar-refractivity contribution is 7.92. The molecule has 1 amide bonds. The van der Waals surface area contributed by atoms with Crippen LogP contribution in [0.3, 0.4) is 0 Å². The first kappa shape index (κ1) is 20.3. The number of carbonyl (C=O) groups excluding carboxylic acids is 1. The van der Waals surface area contributed by atoms with E-state index in [-0.39, 0.29) is 11.9 Å². The van der Waals surface area contributed by atoms with Crippen molar-refractivity contribution in [1.82, 2.24) is 5.01 Å². The van der Waals surface area contributed by atoms with Gasteiger partial charge in [0, 0.05) is 17.7 Å². The standard InChI is InChI=1S/C22H21N3O3S2/c1-15-5-3-4-6-19(15)22(26)25-21(17-11-12-29-14-17)13-20(23-25)16-7-9-18(10-8-16)24-30(2,27)28/h3-12,14,21,24H,13H2,1-2H3/t21-/m1/s1. The second kappa shape index (κ2) is 8.04. The molecule has 4 rings (SSSR count). The van der Waals surface area contributed by atoms with E-state index in [9.17, 15) is 13.2 Å². The van der Waals surface area contributed by atoms with E-state index < -0.39 is 10.0 Å². The maximum atomic E-state index is 13.3. The molecule has 0 saturated heterocycles. The number of hydrazone groups is 1. The van der Waals surface area contributed by atoms with Gasteiger partial charge in [-0.2, -0.15) is 16.4 Å². The Morgan fingerprint density at radius 3 is 2.50 bits per heavy atom. The summed E-state index contributed by atoms with van der Waals surface area (Å²) in [5.74, 6) is -0.130. The molecule has 154 valence electrons.